The molecule has 0 saturated heterocycles. The van der Waals surface area contributed by atoms with Gasteiger partial charge in [-0.2, -0.15) is 0 Å². The maximum Gasteiger partial charge on any atom is 0.205 e. The zero-order valence-electron chi connectivity index (χ0n) is 10.3. The van der Waals surface area contributed by atoms with Crippen molar-refractivity contribution in [3.05, 3.63) is 58.4 Å². The van der Waals surface area contributed by atoms with Crippen LogP contribution < -0.4 is 0 Å². The van der Waals surface area contributed by atoms with E-state index in [0.717, 1.165) is 26.2 Å². The first kappa shape index (κ1) is 12.4. The lowest BCUT2D eigenvalue weighted by Gasteiger charge is -2.02. The maximum atomic E-state index is 12.5. The van der Waals surface area contributed by atoms with Gasteiger partial charge in [-0.25, -0.2) is 4.98 Å². The van der Waals surface area contributed by atoms with Gasteiger partial charge in [0.1, 0.15) is 9.90 Å². The monoisotopic (exact) mass is 285 g/mol. The highest BCUT2D eigenvalue weighted by Gasteiger charge is 2.16. The van der Waals surface area contributed by atoms with Crippen molar-refractivity contribution in [1.29, 1.82) is 0 Å². The normalized spacial score (nSPS) is 10.8. The van der Waals surface area contributed by atoms with Crippen LogP contribution in [0.2, 0.25) is 0 Å². The highest BCUT2D eigenvalue weighted by atomic mass is 32.2. The summed E-state index contributed by atoms with van der Waals surface area (Å²) in [6.45, 7) is 0. The number of benzene rings is 2. The van der Waals surface area contributed by atoms with E-state index in [1.807, 2.05) is 48.7 Å². The molecule has 0 unspecified atom stereocenters. The summed E-state index contributed by atoms with van der Waals surface area (Å²) in [7, 11) is 0. The lowest BCUT2D eigenvalue weighted by molar-refractivity contribution is 0.104. The van der Waals surface area contributed by atoms with E-state index < -0.39 is 0 Å². The maximum absolute atomic E-state index is 12.5. The van der Waals surface area contributed by atoms with E-state index in [4.69, 9.17) is 0 Å². The molecular weight excluding hydrogens is 274 g/mol. The van der Waals surface area contributed by atoms with Crippen LogP contribution >= 0.6 is 23.1 Å². The summed E-state index contributed by atoms with van der Waals surface area (Å²) in [6.07, 6.45) is 1.94. The van der Waals surface area contributed by atoms with Crippen LogP contribution in [0.15, 0.2) is 53.0 Å². The Morgan fingerprint density at radius 2 is 1.95 bits per heavy atom. The quantitative estimate of drug-likeness (QED) is 0.532. The summed E-state index contributed by atoms with van der Waals surface area (Å²) in [4.78, 5) is 17.4. The van der Waals surface area contributed by atoms with Crippen LogP contribution in [-0.4, -0.2) is 17.0 Å². The zero-order valence-corrected chi connectivity index (χ0v) is 11.9. The molecule has 0 aliphatic carbocycles. The fourth-order valence-corrected chi connectivity index (χ4v) is 3.53. The largest absolute Gasteiger partial charge is 0.288 e. The number of thioether (sulfide) groups is 1. The van der Waals surface area contributed by atoms with Crippen molar-refractivity contribution in [2.24, 2.45) is 0 Å². The van der Waals surface area contributed by atoms with Gasteiger partial charge in [0, 0.05) is 5.56 Å². The van der Waals surface area contributed by atoms with Crippen LogP contribution in [0.1, 0.15) is 15.2 Å². The molecule has 0 fully saturated rings. The second-order valence-corrected chi connectivity index (χ2v) is 5.73. The molecule has 0 atom stereocenters. The van der Waals surface area contributed by atoms with Crippen molar-refractivity contribution < 1.29 is 4.79 Å². The first-order valence-corrected chi connectivity index (χ1v) is 7.91. The number of rotatable bonds is 3. The summed E-state index contributed by atoms with van der Waals surface area (Å²) in [6, 6.07) is 13.9. The van der Waals surface area contributed by atoms with Crippen LogP contribution in [0.4, 0.5) is 0 Å². The minimum absolute atomic E-state index is 0.0533. The van der Waals surface area contributed by atoms with Gasteiger partial charge in [0.25, 0.3) is 0 Å². The number of fused-ring (bicyclic) bond motifs is 1. The van der Waals surface area contributed by atoms with Crippen LogP contribution in [0.3, 0.4) is 0 Å². The fraction of sp³-hybridized carbons (Fsp3) is 0.0667. The van der Waals surface area contributed by atoms with Gasteiger partial charge < -0.3 is 0 Å². The molecule has 0 N–H and O–H groups in total. The predicted molar refractivity (Wildman–Crippen MR) is 81.3 cm³/mol. The van der Waals surface area contributed by atoms with Crippen molar-refractivity contribution in [3.8, 4) is 0 Å². The summed E-state index contributed by atoms with van der Waals surface area (Å²) in [5.74, 6) is 0.0533. The number of nitrogens with zero attached hydrogens (tertiary/aromatic N) is 1. The number of thiazole rings is 1. The molecule has 1 heterocycles. The highest BCUT2D eigenvalue weighted by Crippen LogP contribution is 2.26. The van der Waals surface area contributed by atoms with Gasteiger partial charge >= 0.3 is 0 Å². The Kier molecular flexibility index (Phi) is 3.36. The molecule has 0 saturated carbocycles. The molecule has 0 aliphatic heterocycles. The number of carbonyl (C=O) groups is 1. The first-order chi connectivity index (χ1) is 9.29. The second kappa shape index (κ2) is 5.15. The highest BCUT2D eigenvalue weighted by molar-refractivity contribution is 7.98. The third-order valence-corrected chi connectivity index (χ3v) is 4.60. The Hall–Kier alpha value is -1.65. The van der Waals surface area contributed by atoms with E-state index >= 15 is 0 Å². The van der Waals surface area contributed by atoms with Gasteiger partial charge in [-0.3, -0.25) is 4.79 Å². The van der Waals surface area contributed by atoms with Gasteiger partial charge in [0.05, 0.1) is 5.51 Å². The Morgan fingerprint density at radius 3 is 2.74 bits per heavy atom. The molecule has 0 spiro atoms. The average molecular weight is 285 g/mol. The number of ketones is 1. The number of hydrogen-bond donors (Lipinski definition) is 0. The molecule has 4 heteroatoms. The molecule has 0 radical (unpaired) electrons. The Labute approximate surface area is 119 Å². The van der Waals surface area contributed by atoms with Gasteiger partial charge in [0.15, 0.2) is 0 Å². The van der Waals surface area contributed by atoms with E-state index in [-0.39, 0.29) is 5.78 Å². The Morgan fingerprint density at radius 1 is 1.16 bits per heavy atom. The molecule has 2 nitrogen and oxygen atoms in total. The van der Waals surface area contributed by atoms with Gasteiger partial charge in [-0.15, -0.1) is 23.1 Å². The van der Waals surface area contributed by atoms with Crippen molar-refractivity contribution in [2.45, 2.75) is 5.03 Å². The van der Waals surface area contributed by atoms with Gasteiger partial charge in [-0.05, 0) is 23.1 Å². The molecule has 19 heavy (non-hydrogen) atoms. The topological polar surface area (TPSA) is 30.0 Å². The SMILES string of the molecule is CSc1ncsc1C(=O)c1ccc2ccccc2c1. The van der Waals surface area contributed by atoms with E-state index in [2.05, 4.69) is 4.98 Å². The molecule has 0 bridgehead atoms. The van der Waals surface area contributed by atoms with Crippen molar-refractivity contribution in [3.63, 3.8) is 0 Å². The van der Waals surface area contributed by atoms with E-state index in [1.165, 1.54) is 23.1 Å². The van der Waals surface area contributed by atoms with Crippen molar-refractivity contribution >= 4 is 39.7 Å². The molecule has 0 amide bonds. The van der Waals surface area contributed by atoms with Crippen LogP contribution in [0.5, 0.6) is 0 Å². The standard InChI is InChI=1S/C15H11NOS2/c1-18-15-14(19-9-16-15)13(17)12-7-6-10-4-2-3-5-11(10)8-12/h2-9H,1H3. The van der Waals surface area contributed by atoms with Crippen molar-refractivity contribution in [2.75, 3.05) is 6.26 Å². The Bertz CT molecular complexity index is 748. The lowest BCUT2D eigenvalue weighted by atomic mass is 10.0. The third kappa shape index (κ3) is 2.29. The van der Waals surface area contributed by atoms with Crippen LogP contribution in [-0.2, 0) is 0 Å². The van der Waals surface area contributed by atoms with Crippen LogP contribution in [0.25, 0.3) is 10.8 Å². The molecule has 94 valence electrons. The van der Waals surface area contributed by atoms with E-state index in [1.54, 1.807) is 5.51 Å². The fourth-order valence-electron chi connectivity index (χ4n) is 1.99. The predicted octanol–water partition coefficient (Wildman–Crippen LogP) is 4.25. The smallest absolute Gasteiger partial charge is 0.205 e. The van der Waals surface area contributed by atoms with Gasteiger partial charge in [-0.1, -0.05) is 36.4 Å². The first-order valence-electron chi connectivity index (χ1n) is 5.80. The summed E-state index contributed by atoms with van der Waals surface area (Å²) < 4.78 is 0. The minimum Gasteiger partial charge on any atom is -0.288 e. The molecule has 0 aliphatic rings. The Balaban J connectivity index is 2.06. The second-order valence-electron chi connectivity index (χ2n) is 4.08. The number of aromatic nitrogens is 1. The molecular formula is C15H11NOS2. The molecule has 2 aromatic carbocycles. The zero-order chi connectivity index (χ0) is 13.2. The summed E-state index contributed by atoms with van der Waals surface area (Å²) in [5, 5.41) is 3.04. The molecule has 3 aromatic rings. The average Bonchev–Trinajstić information content (AvgIpc) is 2.94. The van der Waals surface area contributed by atoms with Crippen molar-refractivity contribution in [1.82, 2.24) is 4.98 Å². The molecule has 3 rings (SSSR count). The van der Waals surface area contributed by atoms with E-state index in [9.17, 15) is 4.79 Å². The number of hydrogen-bond acceptors (Lipinski definition) is 4. The molecule has 1 aromatic heterocycles. The van der Waals surface area contributed by atoms with Crippen LogP contribution in [0, 0.1) is 0 Å². The third-order valence-electron chi connectivity index (χ3n) is 2.95. The summed E-state index contributed by atoms with van der Waals surface area (Å²) >= 11 is 2.91. The van der Waals surface area contributed by atoms with Gasteiger partial charge in [0.2, 0.25) is 5.78 Å². The summed E-state index contributed by atoms with van der Waals surface area (Å²) in [5.41, 5.74) is 2.44. The number of carbonyl (C=O) groups excluding carboxylic acids is 1. The van der Waals surface area contributed by atoms with E-state index in [0.29, 0.717) is 0 Å². The lowest BCUT2D eigenvalue weighted by Crippen LogP contribution is -2.00. The minimum atomic E-state index is 0.0533.